The summed E-state index contributed by atoms with van der Waals surface area (Å²) in [6, 6.07) is 20.1. The number of para-hydroxylation sites is 2. The molecule has 2 N–H and O–H groups in total. The van der Waals surface area contributed by atoms with E-state index in [1.54, 1.807) is 41.5 Å². The minimum absolute atomic E-state index is 0.0815. The Labute approximate surface area is 311 Å². The van der Waals surface area contributed by atoms with E-state index in [0.29, 0.717) is 11.1 Å². The quantitative estimate of drug-likeness (QED) is 0.149. The van der Waals surface area contributed by atoms with E-state index >= 15 is 0 Å². The Kier molecular flexibility index (Phi) is 11.7. The van der Waals surface area contributed by atoms with Crippen LogP contribution in [-0.2, 0) is 42.7 Å². The van der Waals surface area contributed by atoms with Crippen LogP contribution in [0.15, 0.2) is 94.7 Å². The minimum Gasteiger partial charge on any atom is -0.508 e. The monoisotopic (exact) mass is 796 g/mol. The number of hydrogen-bond acceptors (Lipinski definition) is 8. The Balaban J connectivity index is 1.82. The van der Waals surface area contributed by atoms with E-state index in [1.165, 1.54) is 84.9 Å². The molecule has 51 heavy (non-hydrogen) atoms. The number of halogens is 2. The first-order chi connectivity index (χ1) is 23.5. The number of aryl methyl sites for hydroxylation is 2. The van der Waals surface area contributed by atoms with Crippen LogP contribution < -0.4 is 8.61 Å². The van der Waals surface area contributed by atoms with Gasteiger partial charge in [-0.15, -0.1) is 0 Å². The molecule has 4 rings (SSSR count). The zero-order valence-corrected chi connectivity index (χ0v) is 33.1. The molecule has 0 atom stereocenters. The van der Waals surface area contributed by atoms with Gasteiger partial charge in [-0.05, 0) is 114 Å². The van der Waals surface area contributed by atoms with E-state index in [9.17, 15) is 35.5 Å². The average molecular weight is 798 g/mol. The van der Waals surface area contributed by atoms with Gasteiger partial charge in [0.2, 0.25) is 29.9 Å². The molecule has 0 radical (unpaired) electrons. The maximum Gasteiger partial charge on any atom is 0.235 e. The van der Waals surface area contributed by atoms with Crippen molar-refractivity contribution in [1.29, 1.82) is 0 Å². The summed E-state index contributed by atoms with van der Waals surface area (Å²) in [6.07, 6.45) is -0.163. The first kappa shape index (κ1) is 40.3. The van der Waals surface area contributed by atoms with Gasteiger partial charge in [-0.3, -0.25) is 8.61 Å². The number of aromatic hydroxyl groups is 2. The highest BCUT2D eigenvalue weighted by Gasteiger charge is 2.40. The highest BCUT2D eigenvalue weighted by Crippen LogP contribution is 2.41. The zero-order chi connectivity index (χ0) is 38.2. The van der Waals surface area contributed by atoms with E-state index in [-0.39, 0.29) is 55.6 Å². The first-order valence-electron chi connectivity index (χ1n) is 15.9. The molecular weight excluding hydrogens is 756 g/mol. The summed E-state index contributed by atoms with van der Waals surface area (Å²) < 4.78 is 88.2. The van der Waals surface area contributed by atoms with Gasteiger partial charge in [0.15, 0.2) is 0 Å². The zero-order valence-electron chi connectivity index (χ0n) is 29.1. The second-order valence-electron chi connectivity index (χ2n) is 14.0. The van der Waals surface area contributed by atoms with Gasteiger partial charge in [0.1, 0.15) is 11.5 Å². The number of nitrogens with zero attached hydrogens (tertiary/aromatic N) is 2. The van der Waals surface area contributed by atoms with Gasteiger partial charge >= 0.3 is 0 Å². The molecule has 4 aromatic carbocycles. The lowest BCUT2D eigenvalue weighted by Crippen LogP contribution is -2.48. The summed E-state index contributed by atoms with van der Waals surface area (Å²) in [5.74, 6) is -1.27. The lowest BCUT2D eigenvalue weighted by Gasteiger charge is -2.38. The fraction of sp³-hybridized carbons (Fsp3) is 0.333. The number of sulfone groups is 1. The van der Waals surface area contributed by atoms with Crippen molar-refractivity contribution in [2.75, 3.05) is 20.1 Å². The lowest BCUT2D eigenvalue weighted by atomic mass is 10.1. The molecule has 0 unspecified atom stereocenters. The topological polar surface area (TPSA) is 149 Å². The van der Waals surface area contributed by atoms with Crippen LogP contribution in [0.25, 0.3) is 0 Å². The highest BCUT2D eigenvalue weighted by molar-refractivity contribution is 7.94. The maximum atomic E-state index is 14.8. The Morgan fingerprint density at radius 1 is 0.549 bits per heavy atom. The molecule has 10 nitrogen and oxygen atoms in total. The number of phenolic OH excluding ortho intramolecular Hbond substituents is 2. The van der Waals surface area contributed by atoms with Gasteiger partial charge in [-0.1, -0.05) is 59.6 Å². The molecule has 0 aliphatic carbocycles. The van der Waals surface area contributed by atoms with Crippen molar-refractivity contribution in [3.8, 4) is 11.5 Å². The fourth-order valence-corrected chi connectivity index (χ4v) is 11.8. The predicted molar refractivity (Wildman–Crippen MR) is 204 cm³/mol. The molecule has 0 aromatic heterocycles. The van der Waals surface area contributed by atoms with Crippen LogP contribution in [0.4, 0.5) is 11.4 Å². The summed E-state index contributed by atoms with van der Waals surface area (Å²) in [6.45, 7) is 9.80. The second kappa shape index (κ2) is 14.9. The molecule has 0 aliphatic rings. The summed E-state index contributed by atoms with van der Waals surface area (Å²) in [4.78, 5) is -0.690. The highest BCUT2D eigenvalue weighted by atomic mass is 35.5. The number of benzene rings is 4. The van der Waals surface area contributed by atoms with E-state index in [4.69, 9.17) is 23.2 Å². The minimum atomic E-state index is -4.61. The van der Waals surface area contributed by atoms with Gasteiger partial charge in [0.25, 0.3) is 0 Å². The van der Waals surface area contributed by atoms with Crippen molar-refractivity contribution >= 4 is 64.5 Å². The molecule has 0 spiro atoms. The van der Waals surface area contributed by atoms with Gasteiger partial charge in [0.05, 0.1) is 32.7 Å². The van der Waals surface area contributed by atoms with Crippen LogP contribution in [0.5, 0.6) is 11.5 Å². The predicted octanol–water partition coefficient (Wildman–Crippen LogP) is 7.59. The van der Waals surface area contributed by atoms with E-state index in [1.807, 2.05) is 0 Å². The molecular formula is C36H42Cl2N2O8S3. The number of phenols is 2. The van der Waals surface area contributed by atoms with Crippen LogP contribution >= 0.6 is 23.2 Å². The molecule has 0 saturated carbocycles. The first-order valence-corrected chi connectivity index (χ1v) is 21.4. The molecule has 0 aliphatic heterocycles. The van der Waals surface area contributed by atoms with Gasteiger partial charge in [-0.2, -0.15) is 0 Å². The standard InChI is InChI=1S/C36H42Cl2N2O8S3/c1-35(2,3)39(49(43,44)21-19-25-15-17-27(37)23-31(25)41)29-11-7-9-13-33(29)51(47,48)34-14-10-8-12-30(34)40(36(4,5)6)50(45,46)22-20-26-16-18-28(38)24-32(26)42/h7-18,23-24,41-42H,19-22H2,1-6H3. The number of anilines is 2. The molecule has 15 heteroatoms. The number of rotatable bonds is 12. The number of sulfonamides is 2. The van der Waals surface area contributed by atoms with Crippen LogP contribution in [0.3, 0.4) is 0 Å². The van der Waals surface area contributed by atoms with E-state index < -0.39 is 52.5 Å². The molecule has 0 fully saturated rings. The van der Waals surface area contributed by atoms with Crippen LogP contribution in [0.2, 0.25) is 10.0 Å². The largest absolute Gasteiger partial charge is 0.508 e. The fourth-order valence-electron chi connectivity index (χ4n) is 5.84. The summed E-state index contributed by atoms with van der Waals surface area (Å²) >= 11 is 11.9. The molecule has 0 saturated heterocycles. The lowest BCUT2D eigenvalue weighted by molar-refractivity contribution is 0.468. The summed E-state index contributed by atoms with van der Waals surface area (Å²) in [5.41, 5.74) is -1.85. The smallest absolute Gasteiger partial charge is 0.235 e. The van der Waals surface area contributed by atoms with Crippen molar-refractivity contribution in [1.82, 2.24) is 0 Å². The van der Waals surface area contributed by atoms with Crippen LogP contribution in [0.1, 0.15) is 52.7 Å². The Morgan fingerprint density at radius 2 is 0.882 bits per heavy atom. The Hall–Kier alpha value is -3.49. The third-order valence-electron chi connectivity index (χ3n) is 7.88. The molecule has 0 heterocycles. The Morgan fingerprint density at radius 3 is 1.20 bits per heavy atom. The van der Waals surface area contributed by atoms with Crippen LogP contribution in [0, 0.1) is 0 Å². The third kappa shape index (κ3) is 9.12. The number of hydrogen-bond donors (Lipinski definition) is 2. The molecule has 276 valence electrons. The van der Waals surface area contributed by atoms with Crippen molar-refractivity contribution in [3.63, 3.8) is 0 Å². The van der Waals surface area contributed by atoms with E-state index in [0.717, 1.165) is 8.61 Å². The molecule has 0 amide bonds. The SMILES string of the molecule is CC(C)(C)N(c1ccccc1S(=O)(=O)c1ccccc1N(C(C)(C)C)S(=O)(=O)CCc1ccc(Cl)cc1O)S(=O)(=O)CCc1ccc(Cl)cc1O. The summed E-state index contributed by atoms with van der Waals surface area (Å²) in [7, 11) is -13.1. The van der Waals surface area contributed by atoms with E-state index in [2.05, 4.69) is 0 Å². The summed E-state index contributed by atoms with van der Waals surface area (Å²) in [5, 5.41) is 21.3. The maximum absolute atomic E-state index is 14.8. The Bertz CT molecular complexity index is 2100. The van der Waals surface area contributed by atoms with Gasteiger partial charge in [0, 0.05) is 21.1 Å². The van der Waals surface area contributed by atoms with Crippen LogP contribution in [-0.4, -0.2) is 58.1 Å². The van der Waals surface area contributed by atoms with Crippen molar-refractivity contribution in [2.24, 2.45) is 0 Å². The third-order valence-corrected chi connectivity index (χ3v) is 14.2. The van der Waals surface area contributed by atoms with Crippen molar-refractivity contribution in [3.05, 3.63) is 106 Å². The molecule has 0 bridgehead atoms. The second-order valence-corrected chi connectivity index (χ2v) is 20.6. The normalized spacial score (nSPS) is 12.9. The van der Waals surface area contributed by atoms with Gasteiger partial charge < -0.3 is 10.2 Å². The van der Waals surface area contributed by atoms with Gasteiger partial charge in [-0.25, -0.2) is 25.3 Å². The molecule has 4 aromatic rings. The average Bonchev–Trinajstić information content (AvgIpc) is 2.99. The van der Waals surface area contributed by atoms with Crippen molar-refractivity contribution < 1.29 is 35.5 Å². The van der Waals surface area contributed by atoms with Crippen molar-refractivity contribution in [2.45, 2.75) is 75.3 Å².